The Labute approximate surface area is 164 Å². The number of benzene rings is 1. The van der Waals surface area contributed by atoms with Crippen LogP contribution in [0.5, 0.6) is 6.01 Å². The standard InChI is InChI=1S/C21H25FN4O2/c1-28-20-23-11-16(12-24-20)13-25-10-8-21(15-25)7-4-9-26(19(21)27)14-17-5-2-3-6-18(17)22/h2-3,5-6,11-12H,4,7-10,13-15H2,1H3/t21-/m1/s1. The number of amides is 1. The highest BCUT2D eigenvalue weighted by Gasteiger charge is 2.48. The quantitative estimate of drug-likeness (QED) is 0.793. The number of likely N-dealkylation sites (tertiary alicyclic amines) is 2. The van der Waals surface area contributed by atoms with Gasteiger partial charge in [0.2, 0.25) is 5.91 Å². The molecule has 1 atom stereocenters. The van der Waals surface area contributed by atoms with E-state index in [0.717, 1.165) is 37.9 Å². The van der Waals surface area contributed by atoms with Gasteiger partial charge < -0.3 is 9.64 Å². The van der Waals surface area contributed by atoms with Crippen LogP contribution in [-0.4, -0.2) is 52.4 Å². The maximum Gasteiger partial charge on any atom is 0.316 e. The summed E-state index contributed by atoms with van der Waals surface area (Å²) in [6.07, 6.45) is 6.24. The van der Waals surface area contributed by atoms with Crippen LogP contribution in [0.2, 0.25) is 0 Å². The summed E-state index contributed by atoms with van der Waals surface area (Å²) in [5, 5.41) is 0. The lowest BCUT2D eigenvalue weighted by atomic mass is 9.78. The molecule has 1 amide bonds. The molecule has 0 saturated carbocycles. The molecular formula is C21H25FN4O2. The summed E-state index contributed by atoms with van der Waals surface area (Å²) in [5.74, 6) is -0.0852. The van der Waals surface area contributed by atoms with E-state index in [2.05, 4.69) is 14.9 Å². The lowest BCUT2D eigenvalue weighted by Crippen LogP contribution is -2.49. The predicted octanol–water partition coefficient (Wildman–Crippen LogP) is 2.64. The van der Waals surface area contributed by atoms with Crippen LogP contribution in [0.3, 0.4) is 0 Å². The molecule has 7 heteroatoms. The Morgan fingerprint density at radius 3 is 2.68 bits per heavy atom. The van der Waals surface area contributed by atoms with Crippen molar-refractivity contribution in [2.45, 2.75) is 32.4 Å². The van der Waals surface area contributed by atoms with Gasteiger partial charge in [0.15, 0.2) is 0 Å². The summed E-state index contributed by atoms with van der Waals surface area (Å²) in [4.78, 5) is 25.7. The molecule has 2 aliphatic heterocycles. The fourth-order valence-electron chi connectivity index (χ4n) is 4.40. The molecular weight excluding hydrogens is 359 g/mol. The van der Waals surface area contributed by atoms with Gasteiger partial charge in [0.05, 0.1) is 12.5 Å². The molecule has 2 fully saturated rings. The third kappa shape index (κ3) is 3.71. The molecule has 1 aromatic carbocycles. The van der Waals surface area contributed by atoms with E-state index in [9.17, 15) is 9.18 Å². The van der Waals surface area contributed by atoms with Crippen LogP contribution in [0, 0.1) is 11.2 Å². The zero-order chi connectivity index (χ0) is 19.6. The Hall–Kier alpha value is -2.54. The van der Waals surface area contributed by atoms with Crippen LogP contribution in [0.25, 0.3) is 0 Å². The zero-order valence-electron chi connectivity index (χ0n) is 16.1. The van der Waals surface area contributed by atoms with E-state index in [-0.39, 0.29) is 17.1 Å². The van der Waals surface area contributed by atoms with Gasteiger partial charge in [-0.3, -0.25) is 9.69 Å². The highest BCUT2D eigenvalue weighted by atomic mass is 19.1. The van der Waals surface area contributed by atoms with Crippen LogP contribution >= 0.6 is 0 Å². The number of ether oxygens (including phenoxy) is 1. The molecule has 3 heterocycles. The number of hydrogen-bond acceptors (Lipinski definition) is 5. The van der Waals surface area contributed by atoms with Crippen molar-refractivity contribution in [2.24, 2.45) is 5.41 Å². The summed E-state index contributed by atoms with van der Waals surface area (Å²) in [6, 6.07) is 7.06. The normalized spacial score (nSPS) is 22.8. The highest BCUT2D eigenvalue weighted by Crippen LogP contribution is 2.41. The van der Waals surface area contributed by atoms with Gasteiger partial charge in [0.1, 0.15) is 5.82 Å². The Bertz CT molecular complexity index is 845. The molecule has 2 aliphatic rings. The smallest absolute Gasteiger partial charge is 0.316 e. The van der Waals surface area contributed by atoms with Crippen LogP contribution < -0.4 is 4.74 Å². The van der Waals surface area contributed by atoms with Gasteiger partial charge in [-0.2, -0.15) is 0 Å². The fourth-order valence-corrected chi connectivity index (χ4v) is 4.40. The molecule has 148 valence electrons. The van der Waals surface area contributed by atoms with Crippen molar-refractivity contribution in [3.05, 3.63) is 53.6 Å². The lowest BCUT2D eigenvalue weighted by molar-refractivity contribution is -0.146. The van der Waals surface area contributed by atoms with Crippen molar-refractivity contribution >= 4 is 5.91 Å². The molecule has 0 N–H and O–H groups in total. The average molecular weight is 384 g/mol. The first-order valence-corrected chi connectivity index (χ1v) is 9.70. The number of rotatable bonds is 5. The van der Waals surface area contributed by atoms with E-state index >= 15 is 0 Å². The average Bonchev–Trinajstić information content (AvgIpc) is 3.11. The molecule has 0 aliphatic carbocycles. The molecule has 0 bridgehead atoms. The number of carbonyl (C=O) groups is 1. The molecule has 1 aromatic heterocycles. The molecule has 0 unspecified atom stereocenters. The van der Waals surface area contributed by atoms with Crippen LogP contribution in [0.4, 0.5) is 4.39 Å². The number of methoxy groups -OCH3 is 1. The summed E-state index contributed by atoms with van der Waals surface area (Å²) in [7, 11) is 1.54. The van der Waals surface area contributed by atoms with Crippen molar-refractivity contribution in [3.63, 3.8) is 0 Å². The first-order chi connectivity index (χ1) is 13.6. The molecule has 1 spiro atoms. The van der Waals surface area contributed by atoms with Gasteiger partial charge in [-0.15, -0.1) is 0 Å². The lowest BCUT2D eigenvalue weighted by Gasteiger charge is -2.39. The van der Waals surface area contributed by atoms with Gasteiger partial charge in [0.25, 0.3) is 0 Å². The van der Waals surface area contributed by atoms with E-state index in [1.165, 1.54) is 6.07 Å². The van der Waals surface area contributed by atoms with Gasteiger partial charge in [-0.1, -0.05) is 18.2 Å². The summed E-state index contributed by atoms with van der Waals surface area (Å²) in [5.41, 5.74) is 1.24. The van der Waals surface area contributed by atoms with E-state index < -0.39 is 0 Å². The largest absolute Gasteiger partial charge is 0.467 e. The number of halogens is 1. The van der Waals surface area contributed by atoms with Crippen molar-refractivity contribution in [1.29, 1.82) is 0 Å². The minimum atomic E-state index is -0.350. The molecule has 0 radical (unpaired) electrons. The fraction of sp³-hybridized carbons (Fsp3) is 0.476. The zero-order valence-corrected chi connectivity index (χ0v) is 16.1. The van der Waals surface area contributed by atoms with Crippen LogP contribution in [0.1, 0.15) is 30.4 Å². The van der Waals surface area contributed by atoms with Gasteiger partial charge in [0, 0.05) is 49.7 Å². The van der Waals surface area contributed by atoms with Gasteiger partial charge in [-0.05, 0) is 31.9 Å². The second-order valence-electron chi connectivity index (χ2n) is 7.74. The molecule has 4 rings (SSSR count). The van der Waals surface area contributed by atoms with E-state index in [4.69, 9.17) is 4.74 Å². The maximum atomic E-state index is 14.0. The Morgan fingerprint density at radius 1 is 1.14 bits per heavy atom. The Morgan fingerprint density at radius 2 is 1.93 bits per heavy atom. The van der Waals surface area contributed by atoms with E-state index in [0.29, 0.717) is 31.2 Å². The van der Waals surface area contributed by atoms with Crippen LogP contribution in [-0.2, 0) is 17.9 Å². The Kier molecular flexibility index (Phi) is 5.26. The Balaban J connectivity index is 1.42. The number of carbonyl (C=O) groups excluding carboxylic acids is 1. The highest BCUT2D eigenvalue weighted by molar-refractivity contribution is 5.84. The molecule has 2 aromatic rings. The summed E-state index contributed by atoms with van der Waals surface area (Å²) < 4.78 is 19.0. The maximum absolute atomic E-state index is 14.0. The predicted molar refractivity (Wildman–Crippen MR) is 102 cm³/mol. The number of piperidine rings is 1. The minimum absolute atomic E-state index is 0.162. The first kappa shape index (κ1) is 18.8. The third-order valence-corrected chi connectivity index (χ3v) is 5.85. The molecule has 6 nitrogen and oxygen atoms in total. The second-order valence-corrected chi connectivity index (χ2v) is 7.74. The van der Waals surface area contributed by atoms with Crippen molar-refractivity contribution < 1.29 is 13.9 Å². The summed E-state index contributed by atoms with van der Waals surface area (Å²) in [6.45, 7) is 3.35. The minimum Gasteiger partial charge on any atom is -0.467 e. The van der Waals surface area contributed by atoms with Crippen LogP contribution in [0.15, 0.2) is 36.7 Å². The van der Waals surface area contributed by atoms with E-state index in [1.807, 2.05) is 11.0 Å². The number of hydrogen-bond donors (Lipinski definition) is 0. The second kappa shape index (κ2) is 7.83. The molecule has 2 saturated heterocycles. The monoisotopic (exact) mass is 384 g/mol. The van der Waals surface area contributed by atoms with Crippen molar-refractivity contribution in [2.75, 3.05) is 26.7 Å². The van der Waals surface area contributed by atoms with Crippen molar-refractivity contribution in [3.8, 4) is 6.01 Å². The number of aromatic nitrogens is 2. The molecule has 28 heavy (non-hydrogen) atoms. The van der Waals surface area contributed by atoms with Gasteiger partial charge in [-0.25, -0.2) is 14.4 Å². The number of nitrogens with zero attached hydrogens (tertiary/aromatic N) is 4. The first-order valence-electron chi connectivity index (χ1n) is 9.70. The van der Waals surface area contributed by atoms with Gasteiger partial charge >= 0.3 is 6.01 Å². The van der Waals surface area contributed by atoms with Crippen molar-refractivity contribution in [1.82, 2.24) is 19.8 Å². The topological polar surface area (TPSA) is 58.6 Å². The summed E-state index contributed by atoms with van der Waals surface area (Å²) >= 11 is 0. The SMILES string of the molecule is COc1ncc(CN2CC[C@]3(CCCN(Cc4ccccc4F)C3=O)C2)cn1. The third-order valence-electron chi connectivity index (χ3n) is 5.85. The van der Waals surface area contributed by atoms with E-state index in [1.54, 1.807) is 31.6 Å².